The minimum absolute atomic E-state index is 0.0985. The van der Waals surface area contributed by atoms with E-state index < -0.39 is 6.04 Å². The predicted molar refractivity (Wildman–Crippen MR) is 54.6 cm³/mol. The Morgan fingerprint density at radius 2 is 2.21 bits per heavy atom. The summed E-state index contributed by atoms with van der Waals surface area (Å²) in [5, 5.41) is 12.4. The molecule has 4 atom stereocenters. The molecule has 82 valence electrons. The van der Waals surface area contributed by atoms with Gasteiger partial charge in [-0.2, -0.15) is 0 Å². The van der Waals surface area contributed by atoms with E-state index in [1.807, 2.05) is 6.92 Å². The van der Waals surface area contributed by atoms with Crippen LogP contribution >= 0.6 is 0 Å². The first-order chi connectivity index (χ1) is 6.50. The van der Waals surface area contributed by atoms with Crippen molar-refractivity contribution in [3.8, 4) is 0 Å². The maximum Gasteiger partial charge on any atom is 0.236 e. The van der Waals surface area contributed by atoms with Crippen molar-refractivity contribution in [3.63, 3.8) is 0 Å². The van der Waals surface area contributed by atoms with Crippen molar-refractivity contribution in [1.82, 2.24) is 5.32 Å². The van der Waals surface area contributed by atoms with Gasteiger partial charge in [-0.25, -0.2) is 0 Å². The number of aliphatic hydroxyl groups excluding tert-OH is 1. The van der Waals surface area contributed by atoms with Gasteiger partial charge in [-0.1, -0.05) is 6.92 Å². The van der Waals surface area contributed by atoms with Gasteiger partial charge in [0.25, 0.3) is 0 Å². The van der Waals surface area contributed by atoms with E-state index in [4.69, 9.17) is 5.73 Å². The lowest BCUT2D eigenvalue weighted by molar-refractivity contribution is -0.123. The van der Waals surface area contributed by atoms with Crippen LogP contribution in [0.25, 0.3) is 0 Å². The number of aliphatic hydroxyl groups is 1. The third-order valence-corrected chi connectivity index (χ3v) is 2.88. The SMILES string of the molecule is C[C@H](N)C(=O)N[C@H]1CC[C@@H](O)[C@H](C)C1. The zero-order valence-electron chi connectivity index (χ0n) is 8.86. The van der Waals surface area contributed by atoms with E-state index in [9.17, 15) is 9.90 Å². The largest absolute Gasteiger partial charge is 0.393 e. The van der Waals surface area contributed by atoms with E-state index in [0.29, 0.717) is 0 Å². The first-order valence-corrected chi connectivity index (χ1v) is 5.24. The molecule has 1 aliphatic rings. The van der Waals surface area contributed by atoms with Gasteiger partial charge in [0, 0.05) is 6.04 Å². The quantitative estimate of drug-likeness (QED) is 0.587. The summed E-state index contributed by atoms with van der Waals surface area (Å²) in [6.45, 7) is 3.69. The van der Waals surface area contributed by atoms with Crippen LogP contribution in [0.2, 0.25) is 0 Å². The van der Waals surface area contributed by atoms with Crippen LogP contribution in [0.1, 0.15) is 33.1 Å². The van der Waals surface area contributed by atoms with Crippen molar-refractivity contribution in [2.45, 2.75) is 51.3 Å². The Balaban J connectivity index is 2.37. The first kappa shape index (κ1) is 11.5. The average molecular weight is 200 g/mol. The number of hydrogen-bond donors (Lipinski definition) is 3. The second kappa shape index (κ2) is 4.75. The molecule has 14 heavy (non-hydrogen) atoms. The van der Waals surface area contributed by atoms with Crippen LogP contribution in [0.15, 0.2) is 0 Å². The van der Waals surface area contributed by atoms with Gasteiger partial charge >= 0.3 is 0 Å². The second-order valence-electron chi connectivity index (χ2n) is 4.35. The molecule has 0 radical (unpaired) electrons. The van der Waals surface area contributed by atoms with Crippen molar-refractivity contribution in [1.29, 1.82) is 0 Å². The molecule has 4 N–H and O–H groups in total. The van der Waals surface area contributed by atoms with Crippen molar-refractivity contribution in [2.24, 2.45) is 11.7 Å². The van der Waals surface area contributed by atoms with Gasteiger partial charge in [0.1, 0.15) is 0 Å². The van der Waals surface area contributed by atoms with Crippen LogP contribution in [0.4, 0.5) is 0 Å². The third-order valence-electron chi connectivity index (χ3n) is 2.88. The molecule has 0 saturated heterocycles. The number of rotatable bonds is 2. The Hall–Kier alpha value is -0.610. The van der Waals surface area contributed by atoms with Gasteiger partial charge in [-0.15, -0.1) is 0 Å². The van der Waals surface area contributed by atoms with Crippen LogP contribution in [0.5, 0.6) is 0 Å². The fourth-order valence-electron chi connectivity index (χ4n) is 1.84. The van der Waals surface area contributed by atoms with Crippen LogP contribution in [-0.2, 0) is 4.79 Å². The Bertz CT molecular complexity index is 206. The lowest BCUT2D eigenvalue weighted by atomic mass is 9.84. The number of amides is 1. The van der Waals surface area contributed by atoms with Gasteiger partial charge < -0.3 is 16.2 Å². The van der Waals surface area contributed by atoms with Gasteiger partial charge in [0.15, 0.2) is 0 Å². The molecule has 0 bridgehead atoms. The molecule has 0 aromatic rings. The highest BCUT2D eigenvalue weighted by Crippen LogP contribution is 2.24. The summed E-state index contributed by atoms with van der Waals surface area (Å²) in [7, 11) is 0. The van der Waals surface area contributed by atoms with E-state index in [2.05, 4.69) is 5.32 Å². The lowest BCUT2D eigenvalue weighted by Gasteiger charge is -2.31. The van der Waals surface area contributed by atoms with E-state index in [1.165, 1.54) is 0 Å². The highest BCUT2D eigenvalue weighted by atomic mass is 16.3. The average Bonchev–Trinajstić information content (AvgIpc) is 2.11. The predicted octanol–water partition coefficient (Wildman–Crippen LogP) is -0.000700. The highest BCUT2D eigenvalue weighted by Gasteiger charge is 2.27. The Labute approximate surface area is 84.9 Å². The number of nitrogens with one attached hydrogen (secondary N) is 1. The molecule has 0 aromatic carbocycles. The highest BCUT2D eigenvalue weighted by molar-refractivity contribution is 5.81. The Morgan fingerprint density at radius 3 is 2.71 bits per heavy atom. The molecule has 1 saturated carbocycles. The van der Waals surface area contributed by atoms with Crippen molar-refractivity contribution in [2.75, 3.05) is 0 Å². The molecule has 1 rings (SSSR count). The molecular weight excluding hydrogens is 180 g/mol. The molecule has 0 aliphatic heterocycles. The molecule has 0 aromatic heterocycles. The molecule has 1 fully saturated rings. The summed E-state index contributed by atoms with van der Waals surface area (Å²) in [6.07, 6.45) is 2.26. The van der Waals surface area contributed by atoms with E-state index in [0.717, 1.165) is 19.3 Å². The molecule has 0 heterocycles. The van der Waals surface area contributed by atoms with Gasteiger partial charge in [-0.05, 0) is 32.1 Å². The monoisotopic (exact) mass is 200 g/mol. The topological polar surface area (TPSA) is 75.4 Å². The third kappa shape index (κ3) is 2.96. The molecule has 1 aliphatic carbocycles. The minimum Gasteiger partial charge on any atom is -0.393 e. The van der Waals surface area contributed by atoms with E-state index >= 15 is 0 Å². The summed E-state index contributed by atoms with van der Waals surface area (Å²) in [5.41, 5.74) is 5.45. The normalized spacial score (nSPS) is 35.0. The van der Waals surface area contributed by atoms with E-state index in [1.54, 1.807) is 6.92 Å². The number of hydrogen-bond acceptors (Lipinski definition) is 3. The molecule has 4 heteroatoms. The minimum atomic E-state index is -0.447. The standard InChI is InChI=1S/C10H20N2O2/c1-6-5-8(3-4-9(6)13)12-10(14)7(2)11/h6-9,13H,3-5,11H2,1-2H3,(H,12,14)/t6-,7+,8+,9-/m1/s1. The fraction of sp³-hybridized carbons (Fsp3) is 0.900. The molecule has 0 spiro atoms. The lowest BCUT2D eigenvalue weighted by Crippen LogP contribution is -2.47. The van der Waals surface area contributed by atoms with Crippen LogP contribution < -0.4 is 11.1 Å². The molecular formula is C10H20N2O2. The van der Waals surface area contributed by atoms with E-state index in [-0.39, 0.29) is 24.0 Å². The number of carbonyl (C=O) groups is 1. The van der Waals surface area contributed by atoms with Crippen molar-refractivity contribution >= 4 is 5.91 Å². The van der Waals surface area contributed by atoms with Crippen LogP contribution in [-0.4, -0.2) is 29.2 Å². The summed E-state index contributed by atoms with van der Waals surface area (Å²) in [6, 6.07) is -0.260. The molecule has 1 amide bonds. The van der Waals surface area contributed by atoms with Gasteiger partial charge in [-0.3, -0.25) is 4.79 Å². The number of carbonyl (C=O) groups excluding carboxylic acids is 1. The maximum atomic E-state index is 11.3. The summed E-state index contributed by atoms with van der Waals surface area (Å²) >= 11 is 0. The zero-order valence-corrected chi connectivity index (χ0v) is 8.86. The van der Waals surface area contributed by atoms with Crippen LogP contribution in [0, 0.1) is 5.92 Å². The summed E-state index contributed by atoms with van der Waals surface area (Å²) < 4.78 is 0. The molecule has 0 unspecified atom stereocenters. The van der Waals surface area contributed by atoms with Crippen molar-refractivity contribution < 1.29 is 9.90 Å². The van der Waals surface area contributed by atoms with Gasteiger partial charge in [0.2, 0.25) is 5.91 Å². The first-order valence-electron chi connectivity index (χ1n) is 5.24. The Kier molecular flexibility index (Phi) is 3.89. The van der Waals surface area contributed by atoms with Crippen LogP contribution in [0.3, 0.4) is 0 Å². The fourth-order valence-corrected chi connectivity index (χ4v) is 1.84. The van der Waals surface area contributed by atoms with Gasteiger partial charge in [0.05, 0.1) is 12.1 Å². The smallest absolute Gasteiger partial charge is 0.236 e. The number of nitrogens with two attached hydrogens (primary N) is 1. The maximum absolute atomic E-state index is 11.3. The summed E-state index contributed by atoms with van der Waals surface area (Å²) in [4.78, 5) is 11.3. The second-order valence-corrected chi connectivity index (χ2v) is 4.35. The Morgan fingerprint density at radius 1 is 1.57 bits per heavy atom. The van der Waals surface area contributed by atoms with Crippen molar-refractivity contribution in [3.05, 3.63) is 0 Å². The molecule has 4 nitrogen and oxygen atoms in total. The summed E-state index contributed by atoms with van der Waals surface area (Å²) in [5.74, 6) is 0.167. The zero-order chi connectivity index (χ0) is 10.7.